The second-order valence-corrected chi connectivity index (χ2v) is 10.3. The fraction of sp³-hybridized carbons (Fsp3) is 0.481. The van der Waals surface area contributed by atoms with Crippen LogP contribution in [0.5, 0.6) is 5.75 Å². The van der Waals surface area contributed by atoms with Crippen LogP contribution in [0.4, 0.5) is 0 Å². The molecule has 3 N–H and O–H groups in total. The van der Waals surface area contributed by atoms with Crippen LogP contribution in [0.1, 0.15) is 49.8 Å². The molecule has 2 saturated heterocycles. The largest absolute Gasteiger partial charge is 0.507 e. The number of phenolic OH excluding ortho intramolecular Hbond substituents is 1. The SMILES string of the molecule is CCOC(Cc1ccc(O)c(I)c1)C(=O)O.CN1[C@@H]2CC[C@H]1C[C@@H](OC(=O)C(O)c1ccccc1)C2. The number of phenols is 1. The van der Waals surface area contributed by atoms with Crippen molar-refractivity contribution in [2.45, 2.75) is 69.4 Å². The Hall–Kier alpha value is -2.21. The van der Waals surface area contributed by atoms with E-state index in [4.69, 9.17) is 14.6 Å². The molecule has 4 rings (SSSR count). The van der Waals surface area contributed by atoms with Crippen LogP contribution in [0.15, 0.2) is 48.5 Å². The topological polar surface area (TPSA) is 117 Å². The van der Waals surface area contributed by atoms with Crippen molar-refractivity contribution in [1.82, 2.24) is 4.90 Å². The summed E-state index contributed by atoms with van der Waals surface area (Å²) in [7, 11) is 2.15. The molecule has 0 saturated carbocycles. The number of hydrogen-bond acceptors (Lipinski definition) is 7. The molecule has 2 aromatic rings. The summed E-state index contributed by atoms with van der Waals surface area (Å²) >= 11 is 2.00. The van der Waals surface area contributed by atoms with Crippen molar-refractivity contribution in [3.05, 3.63) is 63.2 Å². The van der Waals surface area contributed by atoms with E-state index in [0.29, 0.717) is 34.2 Å². The van der Waals surface area contributed by atoms with Crippen LogP contribution in [0.25, 0.3) is 0 Å². The zero-order valence-corrected chi connectivity index (χ0v) is 22.7. The zero-order valence-electron chi connectivity index (χ0n) is 20.5. The zero-order chi connectivity index (χ0) is 26.2. The normalized spacial score (nSPS) is 22.7. The third kappa shape index (κ3) is 7.64. The predicted octanol–water partition coefficient (Wildman–Crippen LogP) is 3.92. The Labute approximate surface area is 225 Å². The average Bonchev–Trinajstić information content (AvgIpc) is 3.06. The number of halogens is 1. The number of nitrogens with zero attached hydrogens (tertiary/aromatic N) is 1. The summed E-state index contributed by atoms with van der Waals surface area (Å²) in [5.74, 6) is -1.29. The first-order valence-corrected chi connectivity index (χ1v) is 13.2. The van der Waals surface area contributed by atoms with E-state index in [9.17, 15) is 19.8 Å². The molecule has 2 aliphatic rings. The van der Waals surface area contributed by atoms with Crippen molar-refractivity contribution in [2.75, 3.05) is 13.7 Å². The van der Waals surface area contributed by atoms with E-state index < -0.39 is 24.1 Å². The molecule has 0 spiro atoms. The minimum Gasteiger partial charge on any atom is -0.507 e. The van der Waals surface area contributed by atoms with Crippen molar-refractivity contribution in [2.24, 2.45) is 0 Å². The number of rotatable bonds is 8. The number of aliphatic hydroxyl groups excluding tert-OH is 1. The minimum atomic E-state index is -1.17. The molecule has 0 radical (unpaired) electrons. The Morgan fingerprint density at radius 2 is 1.75 bits per heavy atom. The second kappa shape index (κ2) is 13.4. The molecule has 2 heterocycles. The number of hydrogen-bond donors (Lipinski definition) is 3. The summed E-state index contributed by atoms with van der Waals surface area (Å²) < 4.78 is 11.3. The highest BCUT2D eigenvalue weighted by atomic mass is 127. The Bertz CT molecular complexity index is 1000. The molecule has 0 aliphatic carbocycles. The van der Waals surface area contributed by atoms with E-state index in [-0.39, 0.29) is 11.9 Å². The number of benzene rings is 2. The van der Waals surface area contributed by atoms with Crippen LogP contribution in [0, 0.1) is 3.57 Å². The first-order chi connectivity index (χ1) is 17.2. The van der Waals surface area contributed by atoms with Gasteiger partial charge in [-0.05, 0) is 85.5 Å². The molecule has 2 aliphatic heterocycles. The van der Waals surface area contributed by atoms with Gasteiger partial charge < -0.3 is 29.7 Å². The third-order valence-electron chi connectivity index (χ3n) is 6.75. The fourth-order valence-corrected chi connectivity index (χ4v) is 5.35. The van der Waals surface area contributed by atoms with Gasteiger partial charge in [-0.1, -0.05) is 36.4 Å². The van der Waals surface area contributed by atoms with E-state index >= 15 is 0 Å². The van der Waals surface area contributed by atoms with Gasteiger partial charge in [0.15, 0.2) is 12.2 Å². The lowest BCUT2D eigenvalue weighted by molar-refractivity contribution is -0.162. The average molecular weight is 611 g/mol. The quantitative estimate of drug-likeness (QED) is 0.304. The summed E-state index contributed by atoms with van der Waals surface area (Å²) in [5, 5.41) is 28.3. The Morgan fingerprint density at radius 3 is 2.31 bits per heavy atom. The predicted molar refractivity (Wildman–Crippen MR) is 143 cm³/mol. The van der Waals surface area contributed by atoms with Gasteiger partial charge in [0.05, 0.1) is 3.57 Å². The van der Waals surface area contributed by atoms with Crippen LogP contribution < -0.4 is 0 Å². The highest BCUT2D eigenvalue weighted by Crippen LogP contribution is 2.36. The van der Waals surface area contributed by atoms with Gasteiger partial charge in [-0.2, -0.15) is 0 Å². The van der Waals surface area contributed by atoms with E-state index in [0.717, 1.165) is 18.4 Å². The van der Waals surface area contributed by atoms with Crippen molar-refractivity contribution >= 4 is 34.5 Å². The smallest absolute Gasteiger partial charge is 0.339 e. The number of aliphatic carboxylic acids is 1. The summed E-state index contributed by atoms with van der Waals surface area (Å²) in [4.78, 5) is 25.3. The van der Waals surface area contributed by atoms with E-state index in [1.54, 1.807) is 37.3 Å². The number of aromatic hydroxyl groups is 1. The van der Waals surface area contributed by atoms with E-state index in [2.05, 4.69) is 11.9 Å². The van der Waals surface area contributed by atoms with Crippen molar-refractivity contribution in [1.29, 1.82) is 0 Å². The lowest BCUT2D eigenvalue weighted by Crippen LogP contribution is -2.43. The molecular formula is C27H34INO7. The summed E-state index contributed by atoms with van der Waals surface area (Å²) in [5.41, 5.74) is 1.43. The van der Waals surface area contributed by atoms with Gasteiger partial charge in [-0.15, -0.1) is 0 Å². The molecule has 2 bridgehead atoms. The number of aliphatic hydroxyl groups is 1. The highest BCUT2D eigenvalue weighted by Gasteiger charge is 2.40. The first kappa shape index (κ1) is 28.4. The number of fused-ring (bicyclic) bond motifs is 2. The molecule has 2 aromatic carbocycles. The number of carbonyl (C=O) groups excluding carboxylic acids is 1. The Kier molecular flexibility index (Phi) is 10.5. The summed E-state index contributed by atoms with van der Waals surface area (Å²) in [6, 6.07) is 15.0. The Balaban J connectivity index is 0.000000207. The molecule has 5 atom stereocenters. The maximum absolute atomic E-state index is 12.0. The van der Waals surface area contributed by atoms with Crippen LogP contribution in [0.2, 0.25) is 0 Å². The van der Waals surface area contributed by atoms with Crippen LogP contribution in [0.3, 0.4) is 0 Å². The molecule has 9 heteroatoms. The van der Waals surface area contributed by atoms with Gasteiger partial charge >= 0.3 is 11.9 Å². The summed E-state index contributed by atoms with van der Waals surface area (Å²) in [6.45, 7) is 2.13. The monoisotopic (exact) mass is 611 g/mol. The van der Waals surface area contributed by atoms with Gasteiger partial charge in [0.1, 0.15) is 11.9 Å². The van der Waals surface area contributed by atoms with Gasteiger partial charge in [0.25, 0.3) is 0 Å². The van der Waals surface area contributed by atoms with Gasteiger partial charge in [0, 0.05) is 25.1 Å². The first-order valence-electron chi connectivity index (χ1n) is 12.2. The standard InChI is InChI=1S/C16H21NO3.C11H13IO4/c1-17-12-7-8-13(17)10-14(9-12)20-16(19)15(18)11-5-3-2-4-6-11;1-2-16-10(11(14)15)6-7-3-4-9(13)8(12)5-7/h2-6,12-15,18H,7-10H2,1H3;3-5,10,13H,2,6H2,1H3,(H,14,15)/t12-,13+,14+,15?;. The second-order valence-electron chi connectivity index (χ2n) is 9.17. The summed E-state index contributed by atoms with van der Waals surface area (Å²) in [6.07, 6.45) is 2.42. The van der Waals surface area contributed by atoms with Gasteiger partial charge in [0.2, 0.25) is 0 Å². The number of piperidine rings is 1. The number of carboxylic acid groups (broad SMARTS) is 1. The molecule has 0 aromatic heterocycles. The number of ether oxygens (including phenoxy) is 2. The van der Waals surface area contributed by atoms with Crippen LogP contribution >= 0.6 is 22.6 Å². The fourth-order valence-electron chi connectivity index (χ4n) is 4.77. The van der Waals surface area contributed by atoms with E-state index in [1.165, 1.54) is 12.8 Å². The van der Waals surface area contributed by atoms with Crippen LogP contribution in [-0.4, -0.2) is 70.1 Å². The third-order valence-corrected chi connectivity index (χ3v) is 7.62. The molecule has 0 amide bonds. The number of carbonyl (C=O) groups is 2. The van der Waals surface area contributed by atoms with Gasteiger partial charge in [-0.3, -0.25) is 0 Å². The maximum atomic E-state index is 12.0. The molecule has 8 nitrogen and oxygen atoms in total. The van der Waals surface area contributed by atoms with Crippen LogP contribution in [-0.2, 0) is 25.5 Å². The highest BCUT2D eigenvalue weighted by molar-refractivity contribution is 14.1. The lowest BCUT2D eigenvalue weighted by Gasteiger charge is -2.36. The maximum Gasteiger partial charge on any atom is 0.339 e. The number of carboxylic acids is 1. The molecule has 2 unspecified atom stereocenters. The van der Waals surface area contributed by atoms with E-state index in [1.807, 2.05) is 40.8 Å². The molecule has 2 fully saturated rings. The minimum absolute atomic E-state index is 0.0467. The van der Waals surface area contributed by atoms with Gasteiger partial charge in [-0.25, -0.2) is 9.59 Å². The van der Waals surface area contributed by atoms with Crippen molar-refractivity contribution in [3.8, 4) is 5.75 Å². The Morgan fingerprint density at radius 1 is 1.11 bits per heavy atom. The van der Waals surface area contributed by atoms with Crippen molar-refractivity contribution in [3.63, 3.8) is 0 Å². The molecule has 196 valence electrons. The molecular weight excluding hydrogens is 577 g/mol. The number of esters is 1. The lowest BCUT2D eigenvalue weighted by atomic mass is 10.0. The molecule has 36 heavy (non-hydrogen) atoms. The van der Waals surface area contributed by atoms with Crippen molar-refractivity contribution < 1.29 is 34.4 Å².